The Hall–Kier alpha value is -2.99. The van der Waals surface area contributed by atoms with Crippen molar-refractivity contribution in [1.82, 2.24) is 20.1 Å². The minimum atomic E-state index is -3.64. The number of nitrogens with one attached hydrogen (secondary N) is 2. The number of benzene rings is 2. The fraction of sp³-hybridized carbons (Fsp3) is 0.292. The number of aromatic nitrogens is 1. The number of amides is 2. The predicted molar refractivity (Wildman–Crippen MR) is 137 cm³/mol. The van der Waals surface area contributed by atoms with Crippen LogP contribution < -0.4 is 15.6 Å². The SMILES string of the molecule is COc1ccccc1C(=O)NNC(=O)c1csc(C2CCN(S(=O)(=O)c3ccc(C)c(Cl)c3)CC2)n1. The molecule has 0 bridgehead atoms. The molecule has 2 N–H and O–H groups in total. The third-order valence-electron chi connectivity index (χ3n) is 5.98. The van der Waals surface area contributed by atoms with Crippen LogP contribution in [0.1, 0.15) is 50.2 Å². The van der Waals surface area contributed by atoms with E-state index in [0.29, 0.717) is 36.7 Å². The average Bonchev–Trinajstić information content (AvgIpc) is 3.39. The number of nitrogens with zero attached hydrogens (tertiary/aromatic N) is 2. The van der Waals surface area contributed by atoms with Gasteiger partial charge >= 0.3 is 0 Å². The second-order valence-corrected chi connectivity index (χ2v) is 11.5. The van der Waals surface area contributed by atoms with Crippen molar-refractivity contribution in [3.05, 3.63) is 74.7 Å². The molecular weight excluding hydrogens is 524 g/mol. The van der Waals surface area contributed by atoms with Crippen LogP contribution in [0, 0.1) is 6.92 Å². The lowest BCUT2D eigenvalue weighted by atomic mass is 9.99. The molecule has 1 fully saturated rings. The van der Waals surface area contributed by atoms with Crippen molar-refractivity contribution in [2.75, 3.05) is 20.2 Å². The molecule has 36 heavy (non-hydrogen) atoms. The Bertz CT molecular complexity index is 1380. The van der Waals surface area contributed by atoms with Gasteiger partial charge in [-0.05, 0) is 49.6 Å². The number of hydrazine groups is 1. The second kappa shape index (κ2) is 11.0. The monoisotopic (exact) mass is 548 g/mol. The van der Waals surface area contributed by atoms with E-state index >= 15 is 0 Å². The summed E-state index contributed by atoms with van der Waals surface area (Å²) in [7, 11) is -2.18. The van der Waals surface area contributed by atoms with E-state index in [-0.39, 0.29) is 22.1 Å². The van der Waals surface area contributed by atoms with Crippen molar-refractivity contribution in [3.8, 4) is 5.75 Å². The molecule has 0 spiro atoms. The van der Waals surface area contributed by atoms with Crippen LogP contribution in [0.5, 0.6) is 5.75 Å². The van der Waals surface area contributed by atoms with Gasteiger partial charge in [-0.1, -0.05) is 29.8 Å². The van der Waals surface area contributed by atoms with Crippen LogP contribution >= 0.6 is 22.9 Å². The van der Waals surface area contributed by atoms with E-state index in [1.54, 1.807) is 41.8 Å². The number of carbonyl (C=O) groups excluding carboxylic acids is 2. The van der Waals surface area contributed by atoms with Crippen LogP contribution in [0.4, 0.5) is 0 Å². The summed E-state index contributed by atoms with van der Waals surface area (Å²) in [6.07, 6.45) is 1.16. The zero-order valence-corrected chi connectivity index (χ0v) is 22.0. The summed E-state index contributed by atoms with van der Waals surface area (Å²) in [5.41, 5.74) is 6.02. The van der Waals surface area contributed by atoms with Gasteiger partial charge in [-0.15, -0.1) is 11.3 Å². The molecule has 1 aromatic heterocycles. The molecule has 1 aliphatic heterocycles. The fourth-order valence-corrected chi connectivity index (χ4v) is 6.60. The summed E-state index contributed by atoms with van der Waals surface area (Å²) < 4.78 is 32.7. The summed E-state index contributed by atoms with van der Waals surface area (Å²) in [5, 5.41) is 2.79. The Morgan fingerprint density at radius 2 is 1.81 bits per heavy atom. The third-order valence-corrected chi connectivity index (χ3v) is 9.29. The highest BCUT2D eigenvalue weighted by atomic mass is 35.5. The Balaban J connectivity index is 1.34. The highest BCUT2D eigenvalue weighted by Gasteiger charge is 2.31. The lowest BCUT2D eigenvalue weighted by molar-refractivity contribution is 0.0842. The van der Waals surface area contributed by atoms with Crippen LogP contribution in [-0.4, -0.2) is 49.7 Å². The largest absolute Gasteiger partial charge is 0.496 e. The maximum Gasteiger partial charge on any atom is 0.289 e. The van der Waals surface area contributed by atoms with E-state index in [4.69, 9.17) is 16.3 Å². The van der Waals surface area contributed by atoms with Gasteiger partial charge < -0.3 is 4.74 Å². The van der Waals surface area contributed by atoms with E-state index in [1.807, 2.05) is 6.92 Å². The van der Waals surface area contributed by atoms with E-state index in [1.165, 1.54) is 28.8 Å². The van der Waals surface area contributed by atoms with Gasteiger partial charge in [-0.25, -0.2) is 13.4 Å². The van der Waals surface area contributed by atoms with Gasteiger partial charge in [0, 0.05) is 29.4 Å². The number of methoxy groups -OCH3 is 1. The Kier molecular flexibility index (Phi) is 7.94. The molecule has 2 amide bonds. The highest BCUT2D eigenvalue weighted by Crippen LogP contribution is 2.33. The standard InChI is InChI=1S/C24H25ClN4O5S2/c1-15-7-8-17(13-19(15)25)36(32,33)29-11-9-16(10-12-29)24-26-20(14-35-24)23(31)28-27-22(30)18-5-3-4-6-21(18)34-2/h3-8,13-14,16H,9-12H2,1-2H3,(H,27,30)(H,28,31). The predicted octanol–water partition coefficient (Wildman–Crippen LogP) is 3.76. The molecule has 190 valence electrons. The fourth-order valence-electron chi connectivity index (χ4n) is 3.88. The smallest absolute Gasteiger partial charge is 0.289 e. The molecule has 0 aliphatic carbocycles. The zero-order valence-electron chi connectivity index (χ0n) is 19.7. The number of hydrogen-bond acceptors (Lipinski definition) is 7. The normalized spacial score (nSPS) is 14.9. The molecule has 4 rings (SSSR count). The summed E-state index contributed by atoms with van der Waals surface area (Å²) in [6, 6.07) is 11.4. The topological polar surface area (TPSA) is 118 Å². The maximum atomic E-state index is 13.0. The summed E-state index contributed by atoms with van der Waals surface area (Å²) in [5.74, 6) is -0.636. The molecule has 0 atom stereocenters. The number of hydrogen-bond donors (Lipinski definition) is 2. The molecule has 0 unspecified atom stereocenters. The number of halogens is 1. The van der Waals surface area contributed by atoms with Gasteiger partial charge in [0.25, 0.3) is 11.8 Å². The third kappa shape index (κ3) is 5.54. The van der Waals surface area contributed by atoms with Crippen molar-refractivity contribution in [1.29, 1.82) is 0 Å². The first-order valence-corrected chi connectivity index (χ1v) is 13.9. The number of aryl methyl sites for hydroxylation is 1. The van der Waals surface area contributed by atoms with E-state index in [2.05, 4.69) is 15.8 Å². The van der Waals surface area contributed by atoms with E-state index < -0.39 is 21.8 Å². The first-order chi connectivity index (χ1) is 17.2. The molecule has 0 radical (unpaired) electrons. The number of para-hydroxylation sites is 1. The van der Waals surface area contributed by atoms with Gasteiger partial charge in [-0.3, -0.25) is 20.4 Å². The number of piperidine rings is 1. The van der Waals surface area contributed by atoms with Crippen LogP contribution in [0.25, 0.3) is 0 Å². The summed E-state index contributed by atoms with van der Waals surface area (Å²) in [4.78, 5) is 29.5. The maximum absolute atomic E-state index is 13.0. The van der Waals surface area contributed by atoms with E-state index in [0.717, 1.165) is 10.6 Å². The number of sulfonamides is 1. The lowest BCUT2D eigenvalue weighted by Gasteiger charge is -2.30. The van der Waals surface area contributed by atoms with Gasteiger partial charge in [0.1, 0.15) is 11.4 Å². The summed E-state index contributed by atoms with van der Waals surface area (Å²) in [6.45, 7) is 2.50. The van der Waals surface area contributed by atoms with E-state index in [9.17, 15) is 18.0 Å². The molecule has 1 saturated heterocycles. The highest BCUT2D eigenvalue weighted by molar-refractivity contribution is 7.89. The Morgan fingerprint density at radius 1 is 1.11 bits per heavy atom. The van der Waals surface area contributed by atoms with Crippen molar-refractivity contribution >= 4 is 44.8 Å². The molecule has 0 saturated carbocycles. The van der Waals surface area contributed by atoms with Crippen LogP contribution in [0.3, 0.4) is 0 Å². The number of carbonyl (C=O) groups is 2. The first kappa shape index (κ1) is 26.1. The molecule has 3 aromatic rings. The van der Waals surface area contributed by atoms with Crippen molar-refractivity contribution in [2.24, 2.45) is 0 Å². The molecular formula is C24H25ClN4O5S2. The lowest BCUT2D eigenvalue weighted by Crippen LogP contribution is -2.42. The zero-order chi connectivity index (χ0) is 25.9. The van der Waals surface area contributed by atoms with Crippen molar-refractivity contribution in [3.63, 3.8) is 0 Å². The average molecular weight is 549 g/mol. The van der Waals surface area contributed by atoms with Gasteiger partial charge in [0.05, 0.1) is 22.6 Å². The van der Waals surface area contributed by atoms with Crippen molar-refractivity contribution < 1.29 is 22.7 Å². The number of thiazole rings is 1. The van der Waals surface area contributed by atoms with Crippen LogP contribution in [-0.2, 0) is 10.0 Å². The molecule has 2 heterocycles. The quantitative estimate of drug-likeness (QED) is 0.453. The van der Waals surface area contributed by atoms with Crippen molar-refractivity contribution in [2.45, 2.75) is 30.6 Å². The molecule has 1 aliphatic rings. The van der Waals surface area contributed by atoms with Crippen LogP contribution in [0.2, 0.25) is 5.02 Å². The Labute approximate surface area is 218 Å². The first-order valence-electron chi connectivity index (χ1n) is 11.2. The molecule has 2 aromatic carbocycles. The van der Waals surface area contributed by atoms with Gasteiger partial charge in [0.15, 0.2) is 0 Å². The summed E-state index contributed by atoms with van der Waals surface area (Å²) >= 11 is 7.46. The minimum Gasteiger partial charge on any atom is -0.496 e. The number of ether oxygens (including phenoxy) is 1. The molecule has 12 heteroatoms. The van der Waals surface area contributed by atoms with Crippen LogP contribution in [0.15, 0.2) is 52.7 Å². The number of rotatable bonds is 6. The minimum absolute atomic E-state index is 0.0350. The Morgan fingerprint density at radius 3 is 2.50 bits per heavy atom. The molecule has 9 nitrogen and oxygen atoms in total. The van der Waals surface area contributed by atoms with Gasteiger partial charge in [0.2, 0.25) is 10.0 Å². The van der Waals surface area contributed by atoms with Gasteiger partial charge in [-0.2, -0.15) is 4.31 Å². The second-order valence-electron chi connectivity index (χ2n) is 8.27.